The Bertz CT molecular complexity index is 637. The van der Waals surface area contributed by atoms with Crippen LogP contribution in [0.1, 0.15) is 18.4 Å². The summed E-state index contributed by atoms with van der Waals surface area (Å²) in [5, 5.41) is 8.82. The van der Waals surface area contributed by atoms with Gasteiger partial charge in [-0.1, -0.05) is 0 Å². The van der Waals surface area contributed by atoms with Crippen LogP contribution in [0.5, 0.6) is 0 Å². The summed E-state index contributed by atoms with van der Waals surface area (Å²) in [6.07, 6.45) is -5.12. The number of benzene rings is 1. The zero-order chi connectivity index (χ0) is 14.0. The third kappa shape index (κ3) is 2.96. The van der Waals surface area contributed by atoms with Gasteiger partial charge < -0.3 is 10.3 Å². The molecule has 0 saturated heterocycles. The maximum atomic E-state index is 12.1. The van der Waals surface area contributed by atoms with E-state index >= 15 is 0 Å². The smallest absolute Gasteiger partial charge is 0.369 e. The van der Waals surface area contributed by atoms with Crippen molar-refractivity contribution in [2.75, 3.05) is 5.73 Å². The highest BCUT2D eigenvalue weighted by Crippen LogP contribution is 2.24. The van der Waals surface area contributed by atoms with Gasteiger partial charge in [-0.05, 0) is 24.6 Å². The number of aromatic nitrogens is 2. The van der Waals surface area contributed by atoms with E-state index in [0.717, 1.165) is 0 Å². The second-order valence-corrected chi connectivity index (χ2v) is 4.16. The fourth-order valence-electron chi connectivity index (χ4n) is 1.88. The Labute approximate surface area is 107 Å². The van der Waals surface area contributed by atoms with Gasteiger partial charge in [0, 0.05) is 13.0 Å². The van der Waals surface area contributed by atoms with Crippen LogP contribution in [0.4, 0.5) is 19.1 Å². The maximum Gasteiger partial charge on any atom is 0.389 e. The molecule has 2 N–H and O–H groups in total. The number of rotatable bonds is 3. The summed E-state index contributed by atoms with van der Waals surface area (Å²) in [7, 11) is 0. The lowest BCUT2D eigenvalue weighted by molar-refractivity contribution is -0.135. The van der Waals surface area contributed by atoms with E-state index in [1.165, 1.54) is 4.57 Å². The molecule has 0 unspecified atom stereocenters. The van der Waals surface area contributed by atoms with E-state index in [9.17, 15) is 13.2 Å². The highest BCUT2D eigenvalue weighted by molar-refractivity contribution is 5.79. The molecular weight excluding hydrogens is 257 g/mol. The Morgan fingerprint density at radius 1 is 1.37 bits per heavy atom. The predicted molar refractivity (Wildman–Crippen MR) is 64.1 cm³/mol. The second kappa shape index (κ2) is 4.80. The minimum atomic E-state index is -4.18. The summed E-state index contributed by atoms with van der Waals surface area (Å²) in [5.41, 5.74) is 7.26. The number of aryl methyl sites for hydroxylation is 1. The number of hydrogen-bond donors (Lipinski definition) is 1. The molecule has 0 amide bonds. The van der Waals surface area contributed by atoms with E-state index in [4.69, 9.17) is 11.0 Å². The number of imidazole rings is 1. The van der Waals surface area contributed by atoms with Crippen molar-refractivity contribution in [1.82, 2.24) is 9.55 Å². The Hall–Kier alpha value is -2.23. The lowest BCUT2D eigenvalue weighted by Crippen LogP contribution is -2.10. The Balaban J connectivity index is 2.27. The molecule has 19 heavy (non-hydrogen) atoms. The zero-order valence-electron chi connectivity index (χ0n) is 9.91. The highest BCUT2D eigenvalue weighted by atomic mass is 19.4. The number of nitrogens with two attached hydrogens (primary N) is 1. The molecule has 0 spiro atoms. The average Bonchev–Trinajstić information content (AvgIpc) is 2.63. The first-order valence-corrected chi connectivity index (χ1v) is 5.63. The lowest BCUT2D eigenvalue weighted by Gasteiger charge is -2.08. The van der Waals surface area contributed by atoms with Gasteiger partial charge in [0.25, 0.3) is 0 Å². The summed E-state index contributed by atoms with van der Waals surface area (Å²) in [5.74, 6) is 0.160. The van der Waals surface area contributed by atoms with Crippen molar-refractivity contribution in [1.29, 1.82) is 5.26 Å². The highest BCUT2D eigenvalue weighted by Gasteiger charge is 2.26. The van der Waals surface area contributed by atoms with Crippen molar-refractivity contribution < 1.29 is 13.2 Å². The molecule has 1 aromatic carbocycles. The molecular formula is C12H11F3N4. The largest absolute Gasteiger partial charge is 0.389 e. The van der Waals surface area contributed by atoms with Crippen LogP contribution >= 0.6 is 0 Å². The van der Waals surface area contributed by atoms with E-state index in [-0.39, 0.29) is 18.9 Å². The Kier molecular flexibility index (Phi) is 3.34. The van der Waals surface area contributed by atoms with Crippen molar-refractivity contribution in [3.63, 3.8) is 0 Å². The molecule has 2 rings (SSSR count). The van der Waals surface area contributed by atoms with E-state index in [0.29, 0.717) is 16.6 Å². The average molecular weight is 268 g/mol. The molecule has 7 heteroatoms. The lowest BCUT2D eigenvalue weighted by atomic mass is 10.2. The predicted octanol–water partition coefficient (Wildman–Crippen LogP) is 2.83. The quantitative estimate of drug-likeness (QED) is 0.930. The topological polar surface area (TPSA) is 67.6 Å². The van der Waals surface area contributed by atoms with Crippen molar-refractivity contribution in [2.24, 2.45) is 0 Å². The fourth-order valence-corrected chi connectivity index (χ4v) is 1.88. The van der Waals surface area contributed by atoms with Crippen LogP contribution in [-0.4, -0.2) is 15.7 Å². The van der Waals surface area contributed by atoms with Crippen molar-refractivity contribution in [3.05, 3.63) is 23.8 Å². The van der Waals surface area contributed by atoms with Gasteiger partial charge in [0.15, 0.2) is 0 Å². The fraction of sp³-hybridized carbons (Fsp3) is 0.333. The monoisotopic (exact) mass is 268 g/mol. The first kappa shape index (κ1) is 13.2. The number of fused-ring (bicyclic) bond motifs is 1. The molecule has 2 aromatic rings. The standard InChI is InChI=1S/C12H11F3N4/c13-12(14,15)4-1-5-19-10-6-8(7-16)2-3-9(10)18-11(19)17/h2-3,6H,1,4-5H2,(H2,17,18). The second-order valence-electron chi connectivity index (χ2n) is 4.16. The van der Waals surface area contributed by atoms with Crippen LogP contribution in [0.25, 0.3) is 11.0 Å². The van der Waals surface area contributed by atoms with Gasteiger partial charge in [-0.3, -0.25) is 0 Å². The van der Waals surface area contributed by atoms with Gasteiger partial charge in [-0.25, -0.2) is 4.98 Å². The third-order valence-electron chi connectivity index (χ3n) is 2.75. The summed E-state index contributed by atoms with van der Waals surface area (Å²) in [6.45, 7) is 0.122. The molecule has 1 aromatic heterocycles. The SMILES string of the molecule is N#Cc1ccc2nc(N)n(CCCC(F)(F)F)c2c1. The molecule has 0 atom stereocenters. The Morgan fingerprint density at radius 3 is 2.74 bits per heavy atom. The van der Waals surface area contributed by atoms with Crippen LogP contribution in [0.3, 0.4) is 0 Å². The molecule has 1 heterocycles. The van der Waals surface area contributed by atoms with Crippen LogP contribution in [0.2, 0.25) is 0 Å². The number of nitrogen functional groups attached to an aromatic ring is 1. The minimum Gasteiger partial charge on any atom is -0.369 e. The molecule has 4 nitrogen and oxygen atoms in total. The van der Waals surface area contributed by atoms with Crippen molar-refractivity contribution >= 4 is 17.0 Å². The molecule has 0 fully saturated rings. The number of anilines is 1. The molecule has 0 saturated carbocycles. The number of halogens is 3. The molecule has 0 aliphatic heterocycles. The first-order chi connectivity index (χ1) is 8.90. The van der Waals surface area contributed by atoms with Gasteiger partial charge in [0.2, 0.25) is 5.95 Å². The van der Waals surface area contributed by atoms with Crippen LogP contribution < -0.4 is 5.73 Å². The first-order valence-electron chi connectivity index (χ1n) is 5.63. The van der Waals surface area contributed by atoms with Gasteiger partial charge >= 0.3 is 6.18 Å². The normalized spacial score (nSPS) is 11.7. The molecule has 0 bridgehead atoms. The van der Waals surface area contributed by atoms with Crippen LogP contribution in [0.15, 0.2) is 18.2 Å². The molecule has 0 aliphatic rings. The van der Waals surface area contributed by atoms with Crippen molar-refractivity contribution in [3.8, 4) is 6.07 Å². The van der Waals surface area contributed by atoms with E-state index in [1.807, 2.05) is 6.07 Å². The van der Waals surface area contributed by atoms with Gasteiger partial charge in [-0.2, -0.15) is 18.4 Å². The summed E-state index contributed by atoms with van der Waals surface area (Å²) >= 11 is 0. The minimum absolute atomic E-state index is 0.0735. The maximum absolute atomic E-state index is 12.1. The number of hydrogen-bond acceptors (Lipinski definition) is 3. The van der Waals surface area contributed by atoms with E-state index in [2.05, 4.69) is 4.98 Å². The Morgan fingerprint density at radius 2 is 2.11 bits per heavy atom. The molecule has 0 aliphatic carbocycles. The van der Waals surface area contributed by atoms with E-state index in [1.54, 1.807) is 18.2 Å². The van der Waals surface area contributed by atoms with Gasteiger partial charge in [0.05, 0.1) is 22.7 Å². The van der Waals surface area contributed by atoms with E-state index < -0.39 is 12.6 Å². The summed E-state index contributed by atoms with van der Waals surface area (Å²) in [4.78, 5) is 4.05. The summed E-state index contributed by atoms with van der Waals surface area (Å²) < 4.78 is 37.9. The third-order valence-corrected chi connectivity index (χ3v) is 2.75. The van der Waals surface area contributed by atoms with Gasteiger partial charge in [-0.15, -0.1) is 0 Å². The number of nitriles is 1. The van der Waals surface area contributed by atoms with Gasteiger partial charge in [0.1, 0.15) is 0 Å². The summed E-state index contributed by atoms with van der Waals surface area (Å²) in [6, 6.07) is 6.77. The van der Waals surface area contributed by atoms with Crippen molar-refractivity contribution in [2.45, 2.75) is 25.6 Å². The number of alkyl halides is 3. The van der Waals surface area contributed by atoms with Crippen LogP contribution in [-0.2, 0) is 6.54 Å². The molecule has 100 valence electrons. The zero-order valence-corrected chi connectivity index (χ0v) is 9.91. The number of nitrogens with zero attached hydrogens (tertiary/aromatic N) is 3. The molecule has 0 radical (unpaired) electrons. The van der Waals surface area contributed by atoms with Crippen LogP contribution in [0, 0.1) is 11.3 Å².